The van der Waals surface area contributed by atoms with E-state index >= 15 is 0 Å². The second-order valence-electron chi connectivity index (χ2n) is 7.65. The van der Waals surface area contributed by atoms with Crippen molar-refractivity contribution in [3.63, 3.8) is 0 Å². The number of carbonyl (C=O) groups excluding carboxylic acids is 2. The van der Waals surface area contributed by atoms with Crippen molar-refractivity contribution in [1.29, 1.82) is 0 Å². The Balaban J connectivity index is 1.36. The lowest BCUT2D eigenvalue weighted by molar-refractivity contribution is -0.121. The number of amides is 2. The molecule has 1 atom stereocenters. The van der Waals surface area contributed by atoms with E-state index in [1.807, 2.05) is 24.3 Å². The van der Waals surface area contributed by atoms with Gasteiger partial charge in [0.05, 0.1) is 19.7 Å². The first-order valence-electron chi connectivity index (χ1n) is 10.5. The van der Waals surface area contributed by atoms with E-state index in [9.17, 15) is 9.59 Å². The highest BCUT2D eigenvalue weighted by Gasteiger charge is 2.22. The van der Waals surface area contributed by atoms with Crippen molar-refractivity contribution in [2.24, 2.45) is 0 Å². The monoisotopic (exact) mass is 425 g/mol. The van der Waals surface area contributed by atoms with E-state index in [2.05, 4.69) is 15.5 Å². The summed E-state index contributed by atoms with van der Waals surface area (Å²) in [5.74, 6) is 1.33. The molecule has 0 bridgehead atoms. The van der Waals surface area contributed by atoms with Crippen molar-refractivity contribution in [2.75, 3.05) is 40.1 Å². The molecule has 2 heterocycles. The molecule has 0 aromatic heterocycles. The van der Waals surface area contributed by atoms with Gasteiger partial charge >= 0.3 is 0 Å². The van der Waals surface area contributed by atoms with Gasteiger partial charge in [-0.3, -0.25) is 9.59 Å². The van der Waals surface area contributed by atoms with E-state index in [1.54, 1.807) is 25.3 Å². The van der Waals surface area contributed by atoms with Gasteiger partial charge in [-0.05, 0) is 61.8 Å². The maximum atomic E-state index is 12.6. The topological polar surface area (TPSA) is 89.1 Å². The lowest BCUT2D eigenvalue weighted by Crippen LogP contribution is -2.42. The zero-order valence-corrected chi connectivity index (χ0v) is 17.6. The lowest BCUT2D eigenvalue weighted by Gasteiger charge is -2.25. The molecule has 0 spiro atoms. The highest BCUT2D eigenvalue weighted by Crippen LogP contribution is 2.32. The molecule has 2 N–H and O–H groups in total. The van der Waals surface area contributed by atoms with Gasteiger partial charge in [-0.2, -0.15) is 0 Å². The molecule has 8 nitrogen and oxygen atoms in total. The van der Waals surface area contributed by atoms with Gasteiger partial charge in [0, 0.05) is 12.1 Å². The third-order valence-corrected chi connectivity index (χ3v) is 5.54. The fraction of sp³-hybridized carbons (Fsp3) is 0.391. The molecule has 1 saturated heterocycles. The second kappa shape index (κ2) is 9.70. The molecule has 2 amide bonds. The van der Waals surface area contributed by atoms with Gasteiger partial charge in [0.25, 0.3) is 5.91 Å². The van der Waals surface area contributed by atoms with Gasteiger partial charge in [-0.25, -0.2) is 0 Å². The summed E-state index contributed by atoms with van der Waals surface area (Å²) in [6.07, 6.45) is 2.35. The Morgan fingerprint density at radius 3 is 2.55 bits per heavy atom. The highest BCUT2D eigenvalue weighted by atomic mass is 16.7. The van der Waals surface area contributed by atoms with Crippen LogP contribution in [0, 0.1) is 0 Å². The minimum Gasteiger partial charge on any atom is -0.497 e. The number of hydrogen-bond acceptors (Lipinski definition) is 6. The number of likely N-dealkylation sites (tertiary alicyclic amines) is 1. The largest absolute Gasteiger partial charge is 0.497 e. The summed E-state index contributed by atoms with van der Waals surface area (Å²) in [6, 6.07) is 12.5. The minimum absolute atomic E-state index is 0.111. The molecule has 0 radical (unpaired) electrons. The lowest BCUT2D eigenvalue weighted by atomic mass is 10.1. The Bertz CT molecular complexity index is 925. The zero-order chi connectivity index (χ0) is 21.6. The Kier molecular flexibility index (Phi) is 6.57. The first kappa shape index (κ1) is 21.0. The standard InChI is InChI=1S/C23H27N3O5/c1-29-18-7-4-16(5-8-18)19(14-26-10-2-3-11-26)25-22(27)13-24-23(28)17-6-9-20-21(12-17)31-15-30-20/h4-9,12,19H,2-3,10-11,13-15H2,1H3,(H,24,28)(H,25,27)/t19-/m0/s1. The molecule has 8 heteroatoms. The summed E-state index contributed by atoms with van der Waals surface area (Å²) in [5.41, 5.74) is 1.42. The number of ether oxygens (including phenoxy) is 3. The van der Waals surface area contributed by atoms with Gasteiger partial charge in [-0.15, -0.1) is 0 Å². The molecular formula is C23H27N3O5. The average molecular weight is 425 g/mol. The maximum absolute atomic E-state index is 12.6. The third kappa shape index (κ3) is 5.27. The molecular weight excluding hydrogens is 398 g/mol. The molecule has 1 fully saturated rings. The average Bonchev–Trinajstić information content (AvgIpc) is 3.48. The molecule has 4 rings (SSSR count). The number of nitrogens with one attached hydrogen (secondary N) is 2. The molecule has 0 aliphatic carbocycles. The van der Waals surface area contributed by atoms with Gasteiger partial charge < -0.3 is 29.7 Å². The number of nitrogens with zero attached hydrogens (tertiary/aromatic N) is 1. The number of hydrogen-bond donors (Lipinski definition) is 2. The quantitative estimate of drug-likeness (QED) is 0.674. The fourth-order valence-electron chi connectivity index (χ4n) is 3.84. The summed E-state index contributed by atoms with van der Waals surface area (Å²) in [5, 5.41) is 5.74. The second-order valence-corrected chi connectivity index (χ2v) is 7.65. The van der Waals surface area contributed by atoms with Crippen LogP contribution in [0.25, 0.3) is 0 Å². The molecule has 164 valence electrons. The van der Waals surface area contributed by atoms with E-state index in [1.165, 1.54) is 12.8 Å². The van der Waals surface area contributed by atoms with Crippen molar-refractivity contribution < 1.29 is 23.8 Å². The van der Waals surface area contributed by atoms with E-state index in [0.717, 1.165) is 30.9 Å². The first-order chi connectivity index (χ1) is 15.1. The summed E-state index contributed by atoms with van der Waals surface area (Å²) < 4.78 is 15.8. The summed E-state index contributed by atoms with van der Waals surface area (Å²) in [4.78, 5) is 27.4. The van der Waals surface area contributed by atoms with Crippen LogP contribution in [0.5, 0.6) is 17.2 Å². The smallest absolute Gasteiger partial charge is 0.251 e. The summed E-state index contributed by atoms with van der Waals surface area (Å²) in [6.45, 7) is 2.83. The Labute approximate surface area is 181 Å². The van der Waals surface area contributed by atoms with Crippen LogP contribution in [-0.4, -0.2) is 56.8 Å². The van der Waals surface area contributed by atoms with Gasteiger partial charge in [0.1, 0.15) is 5.75 Å². The zero-order valence-electron chi connectivity index (χ0n) is 17.6. The molecule has 2 aliphatic heterocycles. The van der Waals surface area contributed by atoms with Crippen LogP contribution >= 0.6 is 0 Å². The molecule has 2 aliphatic rings. The van der Waals surface area contributed by atoms with Gasteiger partial charge in [0.2, 0.25) is 12.7 Å². The highest BCUT2D eigenvalue weighted by molar-refractivity contribution is 5.97. The van der Waals surface area contributed by atoms with Gasteiger partial charge in [0.15, 0.2) is 11.5 Å². The van der Waals surface area contributed by atoms with Crippen LogP contribution < -0.4 is 24.8 Å². The van der Waals surface area contributed by atoms with Crippen LogP contribution in [0.1, 0.15) is 34.8 Å². The molecule has 0 unspecified atom stereocenters. The van der Waals surface area contributed by atoms with Crippen LogP contribution in [0.3, 0.4) is 0 Å². The summed E-state index contributed by atoms with van der Waals surface area (Å²) >= 11 is 0. The Hall–Kier alpha value is -3.26. The molecule has 2 aromatic carbocycles. The van der Waals surface area contributed by atoms with Crippen LogP contribution in [0.2, 0.25) is 0 Å². The number of rotatable bonds is 8. The molecule has 31 heavy (non-hydrogen) atoms. The van der Waals surface area contributed by atoms with Crippen LogP contribution in [0.15, 0.2) is 42.5 Å². The van der Waals surface area contributed by atoms with E-state index < -0.39 is 0 Å². The number of benzene rings is 2. The van der Waals surface area contributed by atoms with Crippen molar-refractivity contribution in [1.82, 2.24) is 15.5 Å². The van der Waals surface area contributed by atoms with Crippen LogP contribution in [-0.2, 0) is 4.79 Å². The number of carbonyl (C=O) groups is 2. The molecule has 0 saturated carbocycles. The van der Waals surface area contributed by atoms with Crippen LogP contribution in [0.4, 0.5) is 0 Å². The molecule has 2 aromatic rings. The third-order valence-electron chi connectivity index (χ3n) is 5.54. The SMILES string of the molecule is COc1ccc([C@H](CN2CCCC2)NC(=O)CNC(=O)c2ccc3c(c2)OCO3)cc1. The predicted octanol–water partition coefficient (Wildman–Crippen LogP) is 2.11. The minimum atomic E-state index is -0.339. The normalized spacial score (nSPS) is 16.0. The Morgan fingerprint density at radius 1 is 1.06 bits per heavy atom. The van der Waals surface area contributed by atoms with Crippen molar-refractivity contribution in [2.45, 2.75) is 18.9 Å². The van der Waals surface area contributed by atoms with Gasteiger partial charge in [-0.1, -0.05) is 12.1 Å². The number of fused-ring (bicyclic) bond motifs is 1. The first-order valence-corrected chi connectivity index (χ1v) is 10.5. The summed E-state index contributed by atoms with van der Waals surface area (Å²) in [7, 11) is 1.63. The van der Waals surface area contributed by atoms with Crippen molar-refractivity contribution in [3.8, 4) is 17.2 Å². The maximum Gasteiger partial charge on any atom is 0.251 e. The fourth-order valence-corrected chi connectivity index (χ4v) is 3.84. The van der Waals surface area contributed by atoms with E-state index in [-0.39, 0.29) is 31.2 Å². The predicted molar refractivity (Wildman–Crippen MR) is 114 cm³/mol. The van der Waals surface area contributed by atoms with E-state index in [4.69, 9.17) is 14.2 Å². The number of methoxy groups -OCH3 is 1. The van der Waals surface area contributed by atoms with E-state index in [0.29, 0.717) is 17.1 Å². The van der Waals surface area contributed by atoms with Crippen molar-refractivity contribution >= 4 is 11.8 Å². The van der Waals surface area contributed by atoms with Crippen molar-refractivity contribution in [3.05, 3.63) is 53.6 Å². The Morgan fingerprint density at radius 2 is 1.81 bits per heavy atom.